The van der Waals surface area contributed by atoms with Crippen LogP contribution in [-0.2, 0) is 0 Å². The molecule has 0 unspecified atom stereocenters. The molecule has 2 heterocycles. The quantitative estimate of drug-likeness (QED) is 0.852. The summed E-state index contributed by atoms with van der Waals surface area (Å²) < 4.78 is 0. The summed E-state index contributed by atoms with van der Waals surface area (Å²) in [5.74, 6) is 0.160. The van der Waals surface area contributed by atoms with Crippen LogP contribution in [0.25, 0.3) is 0 Å². The Morgan fingerprint density at radius 2 is 2.00 bits per heavy atom. The zero-order valence-corrected chi connectivity index (χ0v) is 15.2. The minimum Gasteiger partial charge on any atom is -0.369 e. The minimum absolute atomic E-state index is 0.00952. The average molecular weight is 349 g/mol. The molecule has 0 atom stereocenters. The molecular formula is C20H23N5O. The van der Waals surface area contributed by atoms with Crippen molar-refractivity contribution < 1.29 is 4.79 Å². The highest BCUT2D eigenvalue weighted by Crippen LogP contribution is 2.22. The van der Waals surface area contributed by atoms with E-state index in [1.807, 2.05) is 43.0 Å². The maximum absolute atomic E-state index is 13.0. The summed E-state index contributed by atoms with van der Waals surface area (Å²) in [4.78, 5) is 25.4. The molecule has 0 aliphatic carbocycles. The van der Waals surface area contributed by atoms with Crippen molar-refractivity contribution in [1.29, 1.82) is 5.26 Å². The van der Waals surface area contributed by atoms with E-state index in [-0.39, 0.29) is 11.8 Å². The fourth-order valence-electron chi connectivity index (χ4n) is 3.34. The number of rotatable bonds is 3. The van der Waals surface area contributed by atoms with Crippen molar-refractivity contribution in [1.82, 2.24) is 14.9 Å². The smallest absolute Gasteiger partial charge is 0.257 e. The predicted octanol–water partition coefficient (Wildman–Crippen LogP) is 2.82. The first-order valence-electron chi connectivity index (χ1n) is 8.95. The van der Waals surface area contributed by atoms with E-state index in [1.54, 1.807) is 6.20 Å². The molecule has 1 amide bonds. The van der Waals surface area contributed by atoms with Crippen LogP contribution in [0.4, 0.5) is 5.69 Å². The lowest BCUT2D eigenvalue weighted by Crippen LogP contribution is -2.36. The number of benzene rings is 1. The fourth-order valence-corrected chi connectivity index (χ4v) is 3.34. The summed E-state index contributed by atoms with van der Waals surface area (Å²) in [5, 5.41) is 9.34. The second-order valence-corrected chi connectivity index (χ2v) is 6.74. The third-order valence-corrected chi connectivity index (χ3v) is 4.67. The van der Waals surface area contributed by atoms with Gasteiger partial charge in [-0.25, -0.2) is 9.97 Å². The molecule has 3 rings (SSSR count). The minimum atomic E-state index is -0.00952. The van der Waals surface area contributed by atoms with Crippen molar-refractivity contribution in [2.24, 2.45) is 0 Å². The van der Waals surface area contributed by atoms with E-state index < -0.39 is 0 Å². The van der Waals surface area contributed by atoms with Crippen LogP contribution in [0.2, 0.25) is 0 Å². The topological polar surface area (TPSA) is 73.1 Å². The van der Waals surface area contributed by atoms with Crippen LogP contribution < -0.4 is 4.90 Å². The summed E-state index contributed by atoms with van der Waals surface area (Å²) in [6.07, 6.45) is 3.98. The van der Waals surface area contributed by atoms with Gasteiger partial charge in [0.25, 0.3) is 5.91 Å². The Hall–Kier alpha value is -2.94. The molecule has 0 N–H and O–H groups in total. The molecule has 0 spiro atoms. The standard InChI is InChI=1S/C20H23N5O/c1-15(2)19-17(13-22-14-23-19)20(26)25-9-5-8-24(10-11-25)18-7-4-3-6-16(18)12-21/h3-4,6-7,13-15H,5,8-11H2,1-2H3. The van der Waals surface area contributed by atoms with Gasteiger partial charge in [0.1, 0.15) is 12.4 Å². The Morgan fingerprint density at radius 1 is 1.19 bits per heavy atom. The molecule has 0 radical (unpaired) electrons. The molecule has 0 bridgehead atoms. The van der Waals surface area contributed by atoms with Gasteiger partial charge in [-0.05, 0) is 24.5 Å². The molecule has 6 heteroatoms. The molecule has 0 saturated carbocycles. The molecule has 1 aromatic heterocycles. The molecule has 1 fully saturated rings. The fraction of sp³-hybridized carbons (Fsp3) is 0.400. The van der Waals surface area contributed by atoms with E-state index in [0.717, 1.165) is 24.3 Å². The number of aromatic nitrogens is 2. The number of carbonyl (C=O) groups is 1. The van der Waals surface area contributed by atoms with E-state index in [0.29, 0.717) is 30.8 Å². The molecule has 1 aliphatic heterocycles. The number of hydrogen-bond acceptors (Lipinski definition) is 5. The first-order chi connectivity index (χ1) is 12.6. The molecule has 26 heavy (non-hydrogen) atoms. The van der Waals surface area contributed by atoms with E-state index in [1.165, 1.54) is 6.33 Å². The first-order valence-corrected chi connectivity index (χ1v) is 8.95. The summed E-state index contributed by atoms with van der Waals surface area (Å²) in [6.45, 7) is 6.89. The van der Waals surface area contributed by atoms with Gasteiger partial charge in [-0.15, -0.1) is 0 Å². The number of anilines is 1. The number of para-hydroxylation sites is 1. The molecule has 2 aromatic rings. The van der Waals surface area contributed by atoms with Gasteiger partial charge in [0, 0.05) is 32.4 Å². The maximum Gasteiger partial charge on any atom is 0.257 e. The normalized spacial score (nSPS) is 14.8. The van der Waals surface area contributed by atoms with Gasteiger partial charge >= 0.3 is 0 Å². The monoisotopic (exact) mass is 349 g/mol. The summed E-state index contributed by atoms with van der Waals surface area (Å²) >= 11 is 0. The lowest BCUT2D eigenvalue weighted by atomic mass is 10.0. The Labute approximate surface area is 154 Å². The van der Waals surface area contributed by atoms with E-state index in [2.05, 4.69) is 20.9 Å². The van der Waals surface area contributed by atoms with Crippen molar-refractivity contribution in [2.45, 2.75) is 26.2 Å². The van der Waals surface area contributed by atoms with Crippen molar-refractivity contribution in [2.75, 3.05) is 31.1 Å². The Balaban J connectivity index is 1.77. The van der Waals surface area contributed by atoms with E-state index >= 15 is 0 Å². The molecule has 1 aliphatic rings. The second-order valence-electron chi connectivity index (χ2n) is 6.74. The van der Waals surface area contributed by atoms with Crippen LogP contribution in [0.3, 0.4) is 0 Å². The Bertz CT molecular complexity index is 827. The summed E-state index contributed by atoms with van der Waals surface area (Å²) in [5.41, 5.74) is 3.00. The average Bonchev–Trinajstić information content (AvgIpc) is 2.93. The highest BCUT2D eigenvalue weighted by atomic mass is 16.2. The van der Waals surface area contributed by atoms with Gasteiger partial charge in [0.2, 0.25) is 0 Å². The zero-order valence-electron chi connectivity index (χ0n) is 15.2. The molecular weight excluding hydrogens is 326 g/mol. The van der Waals surface area contributed by atoms with Crippen molar-refractivity contribution in [3.05, 3.63) is 53.6 Å². The van der Waals surface area contributed by atoms with Crippen molar-refractivity contribution >= 4 is 11.6 Å². The summed E-state index contributed by atoms with van der Waals surface area (Å²) in [6, 6.07) is 9.88. The van der Waals surface area contributed by atoms with E-state index in [4.69, 9.17) is 0 Å². The van der Waals surface area contributed by atoms with Crippen molar-refractivity contribution in [3.8, 4) is 6.07 Å². The van der Waals surface area contributed by atoms with Crippen molar-refractivity contribution in [3.63, 3.8) is 0 Å². The molecule has 134 valence electrons. The lowest BCUT2D eigenvalue weighted by molar-refractivity contribution is 0.0764. The van der Waals surface area contributed by atoms with Crippen LogP contribution in [-0.4, -0.2) is 47.0 Å². The van der Waals surface area contributed by atoms with Gasteiger partial charge in [0.15, 0.2) is 0 Å². The molecule has 6 nitrogen and oxygen atoms in total. The van der Waals surface area contributed by atoms with Gasteiger partial charge < -0.3 is 9.80 Å². The second kappa shape index (κ2) is 7.96. The highest BCUT2D eigenvalue weighted by Gasteiger charge is 2.24. The van der Waals surface area contributed by atoms with Crippen LogP contribution in [0.15, 0.2) is 36.8 Å². The molecule has 1 saturated heterocycles. The number of amides is 1. The largest absolute Gasteiger partial charge is 0.369 e. The highest BCUT2D eigenvalue weighted by molar-refractivity contribution is 5.95. The Morgan fingerprint density at radius 3 is 2.77 bits per heavy atom. The van der Waals surface area contributed by atoms with Gasteiger partial charge in [-0.2, -0.15) is 5.26 Å². The Kier molecular flexibility index (Phi) is 5.47. The van der Waals surface area contributed by atoms with Gasteiger partial charge in [0.05, 0.1) is 22.5 Å². The number of carbonyl (C=O) groups excluding carboxylic acids is 1. The van der Waals surface area contributed by atoms with Crippen LogP contribution >= 0.6 is 0 Å². The third-order valence-electron chi connectivity index (χ3n) is 4.67. The first kappa shape index (κ1) is 17.9. The molecule has 1 aromatic carbocycles. The van der Waals surface area contributed by atoms with Crippen LogP contribution in [0, 0.1) is 11.3 Å². The third kappa shape index (κ3) is 3.67. The number of hydrogen-bond donors (Lipinski definition) is 0. The SMILES string of the molecule is CC(C)c1ncncc1C(=O)N1CCCN(c2ccccc2C#N)CC1. The van der Waals surface area contributed by atoms with Gasteiger partial charge in [-0.1, -0.05) is 26.0 Å². The van der Waals surface area contributed by atoms with Crippen LogP contribution in [0.1, 0.15) is 47.8 Å². The maximum atomic E-state index is 13.0. The van der Waals surface area contributed by atoms with E-state index in [9.17, 15) is 10.1 Å². The summed E-state index contributed by atoms with van der Waals surface area (Å²) in [7, 11) is 0. The zero-order chi connectivity index (χ0) is 18.5. The number of nitrogens with zero attached hydrogens (tertiary/aromatic N) is 5. The van der Waals surface area contributed by atoms with Crippen LogP contribution in [0.5, 0.6) is 0 Å². The number of nitriles is 1. The van der Waals surface area contributed by atoms with Gasteiger partial charge in [-0.3, -0.25) is 4.79 Å². The predicted molar refractivity (Wildman–Crippen MR) is 100 cm³/mol. The lowest BCUT2D eigenvalue weighted by Gasteiger charge is -2.25.